The van der Waals surface area contributed by atoms with E-state index in [0.29, 0.717) is 12.5 Å². The lowest BCUT2D eigenvalue weighted by Crippen LogP contribution is -2.18. The van der Waals surface area contributed by atoms with Crippen molar-refractivity contribution in [2.75, 3.05) is 11.0 Å². The highest BCUT2D eigenvalue weighted by Gasteiger charge is 2.10. The third-order valence-electron chi connectivity index (χ3n) is 1.64. The van der Waals surface area contributed by atoms with Gasteiger partial charge in [0, 0.05) is 4.43 Å². The lowest BCUT2D eigenvalue weighted by molar-refractivity contribution is -0.137. The smallest absolute Gasteiger partial charge is 0.333 e. The van der Waals surface area contributed by atoms with Crippen molar-refractivity contribution >= 4 is 28.6 Å². The first-order valence-electron chi connectivity index (χ1n) is 4.66. The zero-order chi connectivity index (χ0) is 11.0. The van der Waals surface area contributed by atoms with Crippen LogP contribution in [0.2, 0.25) is 0 Å². The molecule has 0 radical (unpaired) electrons. The van der Waals surface area contributed by atoms with Gasteiger partial charge in [0.2, 0.25) is 0 Å². The van der Waals surface area contributed by atoms with Gasteiger partial charge in [0.15, 0.2) is 0 Å². The zero-order valence-corrected chi connectivity index (χ0v) is 11.0. The topological polar surface area (TPSA) is 35.5 Å². The average molecular weight is 312 g/mol. The molecule has 14 heavy (non-hydrogen) atoms. The average Bonchev–Trinajstić information content (AvgIpc) is 2.12. The molecule has 0 saturated carbocycles. The molecule has 0 saturated heterocycles. The summed E-state index contributed by atoms with van der Waals surface area (Å²) in [5.74, 6) is 0.0854. The van der Waals surface area contributed by atoms with Gasteiger partial charge in [-0.25, -0.2) is 4.79 Å². The van der Waals surface area contributed by atoms with E-state index in [1.54, 1.807) is 6.92 Å². The molecule has 0 aromatic rings. The Bertz CT molecular complexity index is 190. The largest absolute Gasteiger partial charge is 0.497 e. The molecule has 0 aromatic carbocycles. The highest BCUT2D eigenvalue weighted by atomic mass is 127. The molecule has 4 heteroatoms. The second-order valence-electron chi connectivity index (χ2n) is 3.13. The second kappa shape index (κ2) is 8.08. The maximum absolute atomic E-state index is 10.9. The van der Waals surface area contributed by atoms with Gasteiger partial charge in [-0.3, -0.25) is 0 Å². The van der Waals surface area contributed by atoms with Gasteiger partial charge in [-0.1, -0.05) is 36.4 Å². The molecule has 3 nitrogen and oxygen atoms in total. The maximum atomic E-state index is 10.9. The van der Waals surface area contributed by atoms with Gasteiger partial charge in [0.1, 0.15) is 6.10 Å². The molecular formula is C10H17IO3. The fraction of sp³-hybridized carbons (Fsp3) is 0.700. The summed E-state index contributed by atoms with van der Waals surface area (Å²) in [7, 11) is 0. The first-order valence-corrected chi connectivity index (χ1v) is 6.19. The maximum Gasteiger partial charge on any atom is 0.333 e. The first kappa shape index (κ1) is 13.7. The highest BCUT2D eigenvalue weighted by molar-refractivity contribution is 14.1. The van der Waals surface area contributed by atoms with E-state index in [2.05, 4.69) is 36.4 Å². The van der Waals surface area contributed by atoms with Crippen LogP contribution in [0.15, 0.2) is 12.3 Å². The van der Waals surface area contributed by atoms with Gasteiger partial charge >= 0.3 is 5.97 Å². The zero-order valence-electron chi connectivity index (χ0n) is 8.83. The van der Waals surface area contributed by atoms with Gasteiger partial charge in [-0.2, -0.15) is 0 Å². The number of hydrogen-bond acceptors (Lipinski definition) is 3. The van der Waals surface area contributed by atoms with Crippen molar-refractivity contribution in [3.63, 3.8) is 0 Å². The van der Waals surface area contributed by atoms with Crippen molar-refractivity contribution in [2.24, 2.45) is 5.92 Å². The molecule has 0 amide bonds. The Morgan fingerprint density at radius 3 is 2.57 bits per heavy atom. The highest BCUT2D eigenvalue weighted by Crippen LogP contribution is 2.09. The van der Waals surface area contributed by atoms with Crippen molar-refractivity contribution in [3.05, 3.63) is 12.3 Å². The van der Waals surface area contributed by atoms with E-state index in [1.165, 1.54) is 12.3 Å². The molecule has 0 rings (SSSR count). The molecule has 0 aromatic heterocycles. The molecule has 0 fully saturated rings. The van der Waals surface area contributed by atoms with Gasteiger partial charge in [0.25, 0.3) is 0 Å². The normalized spacial score (nSPS) is 13.2. The first-order chi connectivity index (χ1) is 6.61. The molecular weight excluding hydrogens is 295 g/mol. The Kier molecular flexibility index (Phi) is 7.93. The van der Waals surface area contributed by atoms with Crippen LogP contribution in [0.5, 0.6) is 0 Å². The van der Waals surface area contributed by atoms with E-state index in [0.717, 1.165) is 4.43 Å². The van der Waals surface area contributed by atoms with Crippen LogP contribution in [0.1, 0.15) is 20.8 Å². The quantitative estimate of drug-likeness (QED) is 0.249. The molecule has 0 aliphatic heterocycles. The molecule has 0 N–H and O–H groups in total. The summed E-state index contributed by atoms with van der Waals surface area (Å²) in [4.78, 5) is 10.9. The predicted molar refractivity (Wildman–Crippen MR) is 64.4 cm³/mol. The summed E-state index contributed by atoms with van der Waals surface area (Å²) in [6, 6.07) is 0. The van der Waals surface area contributed by atoms with Gasteiger partial charge in [0.05, 0.1) is 18.9 Å². The van der Waals surface area contributed by atoms with Crippen LogP contribution >= 0.6 is 22.6 Å². The van der Waals surface area contributed by atoms with Crippen molar-refractivity contribution in [3.8, 4) is 0 Å². The lowest BCUT2D eigenvalue weighted by Gasteiger charge is -2.17. The van der Waals surface area contributed by atoms with Crippen molar-refractivity contribution in [1.82, 2.24) is 0 Å². The third kappa shape index (κ3) is 6.23. The minimum Gasteiger partial charge on any atom is -0.497 e. The van der Waals surface area contributed by atoms with Crippen LogP contribution in [0.25, 0.3) is 0 Å². The molecule has 1 unspecified atom stereocenters. The number of alkyl halides is 1. The Balaban J connectivity index is 3.84. The molecule has 0 heterocycles. The van der Waals surface area contributed by atoms with Gasteiger partial charge in [-0.05, 0) is 12.8 Å². The minimum atomic E-state index is -0.358. The van der Waals surface area contributed by atoms with E-state index in [-0.39, 0.29) is 12.1 Å². The predicted octanol–water partition coefficient (Wildman–Crippen LogP) is 2.54. The summed E-state index contributed by atoms with van der Waals surface area (Å²) >= 11 is 2.26. The van der Waals surface area contributed by atoms with Crippen LogP contribution in [-0.2, 0) is 14.3 Å². The van der Waals surface area contributed by atoms with Crippen LogP contribution in [0, 0.1) is 5.92 Å². The standard InChI is InChI=1S/C10H17IO3/c1-4-13-10(12)5-6-14-9(7-11)8(2)3/h5-6,8-9H,4,7H2,1-3H3/b6-5+. The number of halogens is 1. The van der Waals surface area contributed by atoms with Crippen LogP contribution in [0.3, 0.4) is 0 Å². The fourth-order valence-corrected chi connectivity index (χ4v) is 1.98. The number of rotatable bonds is 6. The summed E-state index contributed by atoms with van der Waals surface area (Å²) in [6.45, 7) is 6.33. The minimum absolute atomic E-state index is 0.154. The Morgan fingerprint density at radius 1 is 1.50 bits per heavy atom. The number of esters is 1. The van der Waals surface area contributed by atoms with E-state index >= 15 is 0 Å². The number of carbonyl (C=O) groups is 1. The second-order valence-corrected chi connectivity index (χ2v) is 4.01. The number of hydrogen-bond donors (Lipinski definition) is 0. The monoisotopic (exact) mass is 312 g/mol. The van der Waals surface area contributed by atoms with Crippen molar-refractivity contribution < 1.29 is 14.3 Å². The summed E-state index contributed by atoms with van der Waals surface area (Å²) < 4.78 is 11.0. The molecule has 0 bridgehead atoms. The van der Waals surface area contributed by atoms with E-state index in [1.807, 2.05) is 0 Å². The van der Waals surface area contributed by atoms with Crippen LogP contribution in [0.4, 0.5) is 0 Å². The van der Waals surface area contributed by atoms with E-state index in [4.69, 9.17) is 9.47 Å². The molecule has 82 valence electrons. The Labute approximate surface area is 99.0 Å². The van der Waals surface area contributed by atoms with Gasteiger partial charge < -0.3 is 9.47 Å². The molecule has 0 aliphatic carbocycles. The molecule has 0 aliphatic rings. The SMILES string of the molecule is CCOC(=O)/C=C/OC(CI)C(C)C. The van der Waals surface area contributed by atoms with Crippen molar-refractivity contribution in [2.45, 2.75) is 26.9 Å². The Morgan fingerprint density at radius 2 is 2.14 bits per heavy atom. The molecule has 1 atom stereocenters. The summed E-state index contributed by atoms with van der Waals surface area (Å²) in [5.41, 5.74) is 0. The van der Waals surface area contributed by atoms with E-state index < -0.39 is 0 Å². The summed E-state index contributed by atoms with van der Waals surface area (Å²) in [6.07, 6.45) is 2.88. The number of carbonyl (C=O) groups excluding carboxylic acids is 1. The third-order valence-corrected chi connectivity index (χ3v) is 2.51. The van der Waals surface area contributed by atoms with Crippen LogP contribution in [-0.4, -0.2) is 23.1 Å². The lowest BCUT2D eigenvalue weighted by atomic mass is 10.1. The molecule has 0 spiro atoms. The van der Waals surface area contributed by atoms with Gasteiger partial charge in [-0.15, -0.1) is 0 Å². The van der Waals surface area contributed by atoms with Crippen molar-refractivity contribution in [1.29, 1.82) is 0 Å². The summed E-state index contributed by atoms with van der Waals surface area (Å²) in [5, 5.41) is 0. The Hall–Kier alpha value is -0.260. The van der Waals surface area contributed by atoms with E-state index in [9.17, 15) is 4.79 Å². The fourth-order valence-electron chi connectivity index (χ4n) is 0.758. The van der Waals surface area contributed by atoms with Crippen LogP contribution < -0.4 is 0 Å². The number of ether oxygens (including phenoxy) is 2.